The predicted molar refractivity (Wildman–Crippen MR) is 159 cm³/mol. The monoisotopic (exact) mass is 582 g/mol. The highest BCUT2D eigenvalue weighted by Gasteiger charge is 2.55. The summed E-state index contributed by atoms with van der Waals surface area (Å²) in [6.07, 6.45) is 4.13. The van der Waals surface area contributed by atoms with Gasteiger partial charge >= 0.3 is 11.7 Å². The fourth-order valence-corrected chi connectivity index (χ4v) is 6.56. The largest absolute Gasteiger partial charge is 0.354 e. The van der Waals surface area contributed by atoms with Gasteiger partial charge in [0.25, 0.3) is 0 Å². The minimum absolute atomic E-state index is 0.0999. The van der Waals surface area contributed by atoms with Crippen LogP contribution in [0.2, 0.25) is 0 Å². The molecule has 3 unspecified atom stereocenters. The smallest absolute Gasteiger partial charge is 0.338 e. The normalized spacial score (nSPS) is 23.0. The van der Waals surface area contributed by atoms with Crippen LogP contribution in [0.25, 0.3) is 5.69 Å². The third kappa shape index (κ3) is 6.35. The summed E-state index contributed by atoms with van der Waals surface area (Å²) in [5, 5.41) is 2.65. The summed E-state index contributed by atoms with van der Waals surface area (Å²) in [7, 11) is 0. The van der Waals surface area contributed by atoms with Crippen LogP contribution in [-0.4, -0.2) is 93.6 Å². The number of piperazine rings is 1. The van der Waals surface area contributed by atoms with Crippen LogP contribution in [0.4, 0.5) is 15.0 Å². The van der Waals surface area contributed by atoms with Crippen molar-refractivity contribution in [2.45, 2.75) is 51.6 Å². The van der Waals surface area contributed by atoms with Crippen molar-refractivity contribution in [3.63, 3.8) is 0 Å². The molecular weight excluding hydrogens is 539 g/mol. The van der Waals surface area contributed by atoms with Crippen molar-refractivity contribution < 1.29 is 14.0 Å². The molecule has 1 aliphatic carbocycles. The van der Waals surface area contributed by atoms with Gasteiger partial charge in [0.1, 0.15) is 11.6 Å². The van der Waals surface area contributed by atoms with Crippen molar-refractivity contribution in [2.75, 3.05) is 51.1 Å². The predicted octanol–water partition coefficient (Wildman–Crippen LogP) is 1.63. The Labute approximate surface area is 246 Å². The highest BCUT2D eigenvalue weighted by atomic mass is 19.1. The third-order valence-corrected chi connectivity index (χ3v) is 9.02. The van der Waals surface area contributed by atoms with Crippen LogP contribution < -0.4 is 22.5 Å². The van der Waals surface area contributed by atoms with Crippen molar-refractivity contribution in [1.82, 2.24) is 24.3 Å². The summed E-state index contributed by atoms with van der Waals surface area (Å²) in [5.74, 6) is 1.63. The Kier molecular flexibility index (Phi) is 8.68. The standard InChI is InChI=1S/C30H43FN8O3/c1-4-5-20(38-17-23-22(16-32)24(23)18-38)14-19-6-7-21(15-25(19)31)39-9-8-26(35-29(39)42)34-28(41)37-12-10-36(11-13-37)27(40)30(2,3)33/h6-9,15,20,22-24H,4-5,10-14,16-18,32-33H2,1-3H3,(H,34,35,41,42). The van der Waals surface area contributed by atoms with Crippen LogP contribution in [0.3, 0.4) is 0 Å². The first-order valence-corrected chi connectivity index (χ1v) is 15.0. The van der Waals surface area contributed by atoms with Crippen LogP contribution in [0.5, 0.6) is 0 Å². The van der Waals surface area contributed by atoms with Crippen molar-refractivity contribution in [3.05, 3.63) is 52.3 Å². The van der Waals surface area contributed by atoms with Crippen LogP contribution in [-0.2, 0) is 11.2 Å². The van der Waals surface area contributed by atoms with E-state index in [0.29, 0.717) is 61.6 Å². The summed E-state index contributed by atoms with van der Waals surface area (Å²) in [5.41, 5.74) is 11.2. The van der Waals surface area contributed by atoms with Gasteiger partial charge in [-0.2, -0.15) is 4.98 Å². The number of aromatic nitrogens is 2. The molecule has 3 fully saturated rings. The molecule has 5 rings (SSSR count). The van der Waals surface area contributed by atoms with E-state index >= 15 is 4.39 Å². The third-order valence-electron chi connectivity index (χ3n) is 9.02. The number of carbonyl (C=O) groups excluding carboxylic acids is 2. The molecule has 1 saturated carbocycles. The zero-order valence-corrected chi connectivity index (χ0v) is 24.8. The van der Waals surface area contributed by atoms with Gasteiger partial charge in [0.2, 0.25) is 5.91 Å². The summed E-state index contributed by atoms with van der Waals surface area (Å²) < 4.78 is 16.5. The number of benzene rings is 1. The van der Waals surface area contributed by atoms with E-state index in [9.17, 15) is 14.4 Å². The molecule has 3 atom stereocenters. The topological polar surface area (TPSA) is 143 Å². The van der Waals surface area contributed by atoms with E-state index in [-0.39, 0.29) is 23.6 Å². The number of carbonyl (C=O) groups is 2. The molecule has 2 saturated heterocycles. The number of rotatable bonds is 9. The number of anilines is 1. The Bertz CT molecular complexity index is 1360. The van der Waals surface area contributed by atoms with Crippen LogP contribution >= 0.6 is 0 Å². The maximum atomic E-state index is 15.3. The van der Waals surface area contributed by atoms with Gasteiger partial charge in [0.05, 0.1) is 11.2 Å². The number of nitrogens with two attached hydrogens (primary N) is 2. The number of piperidine rings is 1. The minimum atomic E-state index is -0.970. The zero-order valence-electron chi connectivity index (χ0n) is 24.8. The van der Waals surface area contributed by atoms with E-state index in [1.54, 1.807) is 35.8 Å². The molecule has 0 radical (unpaired) electrons. The number of hydrogen-bond donors (Lipinski definition) is 3. The molecule has 0 bridgehead atoms. The first-order valence-electron chi connectivity index (χ1n) is 15.0. The SMILES string of the molecule is CCCC(Cc1ccc(-n2ccc(NC(=O)N3CCN(C(=O)C(C)(C)N)CC3)nc2=O)cc1F)N1CC2C(CN)C2C1. The fraction of sp³-hybridized carbons (Fsp3) is 0.600. The molecule has 1 aromatic carbocycles. The lowest BCUT2D eigenvalue weighted by Gasteiger charge is -2.37. The van der Waals surface area contributed by atoms with Gasteiger partial charge in [-0.25, -0.2) is 14.0 Å². The molecule has 228 valence electrons. The first kappa shape index (κ1) is 30.1. The van der Waals surface area contributed by atoms with Crippen molar-refractivity contribution in [3.8, 4) is 5.69 Å². The average Bonchev–Trinajstić information content (AvgIpc) is 3.43. The molecule has 0 spiro atoms. The Morgan fingerprint density at radius 1 is 1.12 bits per heavy atom. The lowest BCUT2D eigenvalue weighted by Crippen LogP contribution is -2.58. The number of amides is 3. The van der Waals surface area contributed by atoms with E-state index < -0.39 is 17.3 Å². The molecule has 42 heavy (non-hydrogen) atoms. The average molecular weight is 583 g/mol. The van der Waals surface area contributed by atoms with Crippen molar-refractivity contribution in [2.24, 2.45) is 29.2 Å². The number of nitrogens with zero attached hydrogens (tertiary/aromatic N) is 5. The Morgan fingerprint density at radius 2 is 1.79 bits per heavy atom. The Hall–Kier alpha value is -3.35. The van der Waals surface area contributed by atoms with E-state index in [1.807, 2.05) is 0 Å². The second kappa shape index (κ2) is 12.1. The molecule has 3 amide bonds. The van der Waals surface area contributed by atoms with Gasteiger partial charge in [-0.3, -0.25) is 19.6 Å². The van der Waals surface area contributed by atoms with Crippen LogP contribution in [0.15, 0.2) is 35.3 Å². The molecule has 12 heteroatoms. The number of likely N-dealkylation sites (tertiary alicyclic amines) is 1. The van der Waals surface area contributed by atoms with E-state index in [2.05, 4.69) is 22.1 Å². The lowest BCUT2D eigenvalue weighted by atomic mass is 9.99. The molecule has 2 aliphatic heterocycles. The highest BCUT2D eigenvalue weighted by molar-refractivity contribution is 5.89. The summed E-state index contributed by atoms with van der Waals surface area (Å²) in [6, 6.07) is 6.24. The van der Waals surface area contributed by atoms with E-state index in [4.69, 9.17) is 11.5 Å². The van der Waals surface area contributed by atoms with Crippen LogP contribution in [0, 0.1) is 23.6 Å². The molecule has 3 aliphatic rings. The molecule has 5 N–H and O–H groups in total. The number of fused-ring (bicyclic) bond motifs is 1. The van der Waals surface area contributed by atoms with Crippen molar-refractivity contribution >= 4 is 17.8 Å². The molecular formula is C30H43FN8O3. The quantitative estimate of drug-likeness (QED) is 0.408. The number of halogens is 1. The zero-order chi connectivity index (χ0) is 30.2. The molecule has 11 nitrogen and oxygen atoms in total. The van der Waals surface area contributed by atoms with Gasteiger partial charge < -0.3 is 21.3 Å². The Morgan fingerprint density at radius 3 is 2.36 bits per heavy atom. The second-order valence-corrected chi connectivity index (χ2v) is 12.5. The number of hydrogen-bond acceptors (Lipinski definition) is 7. The van der Waals surface area contributed by atoms with Gasteiger partial charge in [-0.05, 0) is 74.8 Å². The first-order chi connectivity index (χ1) is 20.0. The summed E-state index contributed by atoms with van der Waals surface area (Å²) in [4.78, 5) is 47.6. The molecule has 3 heterocycles. The van der Waals surface area contributed by atoms with E-state index in [1.165, 1.54) is 22.9 Å². The summed E-state index contributed by atoms with van der Waals surface area (Å²) in [6.45, 7) is 9.73. The lowest BCUT2D eigenvalue weighted by molar-refractivity contribution is -0.137. The maximum Gasteiger partial charge on any atom is 0.354 e. The maximum absolute atomic E-state index is 15.3. The minimum Gasteiger partial charge on any atom is -0.338 e. The highest BCUT2D eigenvalue weighted by Crippen LogP contribution is 2.51. The fourth-order valence-electron chi connectivity index (χ4n) is 6.56. The van der Waals surface area contributed by atoms with Gasteiger partial charge in [-0.15, -0.1) is 0 Å². The van der Waals surface area contributed by atoms with Crippen LogP contribution in [0.1, 0.15) is 39.2 Å². The molecule has 2 aromatic rings. The second-order valence-electron chi connectivity index (χ2n) is 12.5. The number of urea groups is 1. The molecule has 1 aromatic heterocycles. The van der Waals surface area contributed by atoms with Gasteiger partial charge in [-0.1, -0.05) is 19.4 Å². The van der Waals surface area contributed by atoms with Gasteiger partial charge in [0.15, 0.2) is 0 Å². The summed E-state index contributed by atoms with van der Waals surface area (Å²) >= 11 is 0. The van der Waals surface area contributed by atoms with Gasteiger partial charge in [0, 0.05) is 51.5 Å². The number of nitrogens with one attached hydrogen (secondary N) is 1. The Balaban J connectivity index is 1.19. The van der Waals surface area contributed by atoms with Crippen molar-refractivity contribution in [1.29, 1.82) is 0 Å². The van der Waals surface area contributed by atoms with E-state index in [0.717, 1.165) is 32.5 Å².